The number of hydrogen-bond acceptors (Lipinski definition) is 4. The number of aliphatic hydroxyl groups excluding tert-OH is 1. The molecule has 0 saturated carbocycles. The number of rotatable bonds is 4. The van der Waals surface area contributed by atoms with E-state index in [1.165, 1.54) is 6.26 Å². The van der Waals surface area contributed by atoms with Crippen molar-refractivity contribution in [3.05, 3.63) is 36.7 Å². The fourth-order valence-electron chi connectivity index (χ4n) is 3.00. The Bertz CT molecular complexity index is 638. The minimum absolute atomic E-state index is 0.113. The molecule has 6 heteroatoms. The van der Waals surface area contributed by atoms with Gasteiger partial charge in [0.25, 0.3) is 0 Å². The molecule has 0 spiro atoms. The predicted octanol–water partition coefficient (Wildman–Crippen LogP) is 3.11. The molecule has 23 heavy (non-hydrogen) atoms. The first-order chi connectivity index (χ1) is 11.1. The molecule has 122 valence electrons. The van der Waals surface area contributed by atoms with E-state index in [0.29, 0.717) is 12.3 Å². The molecule has 0 aliphatic carbocycles. The van der Waals surface area contributed by atoms with Gasteiger partial charge in [-0.3, -0.25) is 0 Å². The Hall–Kier alpha value is -2.34. The van der Waals surface area contributed by atoms with Gasteiger partial charge in [-0.05, 0) is 50.5 Å². The number of amides is 2. The second-order valence-electron chi connectivity index (χ2n) is 5.92. The molecule has 1 aromatic carbocycles. The van der Waals surface area contributed by atoms with Gasteiger partial charge in [-0.25, -0.2) is 9.78 Å². The first kappa shape index (κ1) is 15.6. The fraction of sp³-hybridized carbons (Fsp3) is 0.412. The zero-order chi connectivity index (χ0) is 16.2. The van der Waals surface area contributed by atoms with E-state index >= 15 is 0 Å². The summed E-state index contributed by atoms with van der Waals surface area (Å²) in [6, 6.07) is 7.38. The van der Waals surface area contributed by atoms with Gasteiger partial charge >= 0.3 is 6.03 Å². The summed E-state index contributed by atoms with van der Waals surface area (Å²) in [6.07, 6.45) is 5.28. The van der Waals surface area contributed by atoms with E-state index in [4.69, 9.17) is 4.42 Å². The number of oxazole rings is 1. The summed E-state index contributed by atoms with van der Waals surface area (Å²) in [5, 5.41) is 12.5. The van der Waals surface area contributed by atoms with Gasteiger partial charge < -0.3 is 19.7 Å². The molecule has 1 aliphatic rings. The number of benzene rings is 1. The first-order valence-corrected chi connectivity index (χ1v) is 7.89. The highest BCUT2D eigenvalue weighted by Gasteiger charge is 2.29. The second-order valence-corrected chi connectivity index (χ2v) is 5.92. The van der Waals surface area contributed by atoms with Gasteiger partial charge in [0.15, 0.2) is 0 Å². The molecule has 2 atom stereocenters. The van der Waals surface area contributed by atoms with Crippen molar-refractivity contribution < 1.29 is 14.3 Å². The molecule has 0 radical (unpaired) electrons. The van der Waals surface area contributed by atoms with Crippen LogP contribution in [0.1, 0.15) is 26.2 Å². The second kappa shape index (κ2) is 6.83. The number of likely N-dealkylation sites (tertiary alicyclic amines) is 1. The largest absolute Gasteiger partial charge is 0.445 e. The van der Waals surface area contributed by atoms with Crippen molar-refractivity contribution in [2.45, 2.75) is 38.3 Å². The number of anilines is 1. The minimum atomic E-state index is -0.395. The Morgan fingerprint density at radius 3 is 2.91 bits per heavy atom. The molecule has 2 heterocycles. The zero-order valence-corrected chi connectivity index (χ0v) is 13.1. The Labute approximate surface area is 135 Å². The molecule has 2 aromatic rings. The van der Waals surface area contributed by atoms with Crippen LogP contribution < -0.4 is 5.32 Å². The van der Waals surface area contributed by atoms with Crippen molar-refractivity contribution >= 4 is 11.7 Å². The van der Waals surface area contributed by atoms with Gasteiger partial charge in [-0.2, -0.15) is 0 Å². The van der Waals surface area contributed by atoms with Crippen LogP contribution in [-0.4, -0.2) is 39.7 Å². The van der Waals surface area contributed by atoms with Crippen molar-refractivity contribution in [1.82, 2.24) is 9.88 Å². The summed E-state index contributed by atoms with van der Waals surface area (Å²) >= 11 is 0. The van der Waals surface area contributed by atoms with Gasteiger partial charge in [-0.1, -0.05) is 0 Å². The predicted molar refractivity (Wildman–Crippen MR) is 87.0 cm³/mol. The first-order valence-electron chi connectivity index (χ1n) is 7.89. The van der Waals surface area contributed by atoms with Crippen LogP contribution in [0.5, 0.6) is 0 Å². The number of carbonyl (C=O) groups is 1. The fourth-order valence-corrected chi connectivity index (χ4v) is 3.00. The number of aliphatic hydroxyl groups is 1. The van der Waals surface area contributed by atoms with Crippen LogP contribution in [0, 0.1) is 0 Å². The average Bonchev–Trinajstić information content (AvgIpc) is 3.18. The molecule has 2 N–H and O–H groups in total. The van der Waals surface area contributed by atoms with Crippen LogP contribution >= 0.6 is 0 Å². The number of hydrogen-bond donors (Lipinski definition) is 2. The zero-order valence-electron chi connectivity index (χ0n) is 13.1. The molecule has 2 amide bonds. The molecule has 1 fully saturated rings. The monoisotopic (exact) mass is 315 g/mol. The molecule has 3 rings (SSSR count). The third-order valence-electron chi connectivity index (χ3n) is 4.07. The Balaban J connectivity index is 1.63. The van der Waals surface area contributed by atoms with Crippen molar-refractivity contribution in [2.75, 3.05) is 11.9 Å². The van der Waals surface area contributed by atoms with Gasteiger partial charge in [0.05, 0.1) is 12.3 Å². The molecular formula is C17H21N3O3. The standard InChI is InChI=1S/C17H21N3O3/c1-12(21)11-15-3-2-9-20(15)17(22)19-14-6-4-13(5-7-14)16-18-8-10-23-16/h4-8,10,12,15,21H,2-3,9,11H2,1H3,(H,19,22). The summed E-state index contributed by atoms with van der Waals surface area (Å²) in [7, 11) is 0. The summed E-state index contributed by atoms with van der Waals surface area (Å²) < 4.78 is 5.24. The summed E-state index contributed by atoms with van der Waals surface area (Å²) in [6.45, 7) is 2.49. The number of nitrogens with one attached hydrogen (secondary N) is 1. The van der Waals surface area contributed by atoms with Gasteiger partial charge in [0.1, 0.15) is 6.26 Å². The van der Waals surface area contributed by atoms with Crippen molar-refractivity contribution in [3.63, 3.8) is 0 Å². The normalized spacial score (nSPS) is 18.9. The van der Waals surface area contributed by atoms with Crippen LogP contribution in [0.25, 0.3) is 11.5 Å². The summed E-state index contributed by atoms with van der Waals surface area (Å²) in [5.41, 5.74) is 1.59. The molecule has 1 aliphatic heterocycles. The maximum Gasteiger partial charge on any atom is 0.322 e. The Morgan fingerprint density at radius 1 is 1.48 bits per heavy atom. The third-order valence-corrected chi connectivity index (χ3v) is 4.07. The highest BCUT2D eigenvalue weighted by Crippen LogP contribution is 2.24. The van der Waals surface area contributed by atoms with E-state index in [0.717, 1.165) is 30.6 Å². The van der Waals surface area contributed by atoms with Crippen LogP contribution in [0.15, 0.2) is 41.1 Å². The molecule has 2 unspecified atom stereocenters. The molecular weight excluding hydrogens is 294 g/mol. The maximum atomic E-state index is 12.4. The van der Waals surface area contributed by atoms with E-state index in [1.54, 1.807) is 13.1 Å². The van der Waals surface area contributed by atoms with Gasteiger partial charge in [-0.15, -0.1) is 0 Å². The lowest BCUT2D eigenvalue weighted by Gasteiger charge is -2.26. The van der Waals surface area contributed by atoms with Crippen LogP contribution in [0.4, 0.5) is 10.5 Å². The maximum absolute atomic E-state index is 12.4. The van der Waals surface area contributed by atoms with Crippen molar-refractivity contribution in [2.24, 2.45) is 0 Å². The lowest BCUT2D eigenvalue weighted by atomic mass is 10.1. The highest BCUT2D eigenvalue weighted by molar-refractivity contribution is 5.90. The number of nitrogens with zero attached hydrogens (tertiary/aromatic N) is 2. The third kappa shape index (κ3) is 3.71. The SMILES string of the molecule is CC(O)CC1CCCN1C(=O)Nc1ccc(-c2ncco2)cc1. The quantitative estimate of drug-likeness (QED) is 0.908. The van der Waals surface area contributed by atoms with Crippen LogP contribution in [0.3, 0.4) is 0 Å². The van der Waals surface area contributed by atoms with Crippen molar-refractivity contribution in [3.8, 4) is 11.5 Å². The summed E-state index contributed by atoms with van der Waals surface area (Å²) in [4.78, 5) is 18.3. The van der Waals surface area contributed by atoms with E-state index in [1.807, 2.05) is 29.2 Å². The van der Waals surface area contributed by atoms with Crippen molar-refractivity contribution in [1.29, 1.82) is 0 Å². The molecule has 1 aromatic heterocycles. The number of urea groups is 1. The lowest BCUT2D eigenvalue weighted by Crippen LogP contribution is -2.40. The van der Waals surface area contributed by atoms with Crippen LogP contribution in [-0.2, 0) is 0 Å². The van der Waals surface area contributed by atoms with E-state index in [9.17, 15) is 9.90 Å². The van der Waals surface area contributed by atoms with Gasteiger partial charge in [0.2, 0.25) is 5.89 Å². The molecule has 0 bridgehead atoms. The van der Waals surface area contributed by atoms with E-state index < -0.39 is 6.10 Å². The smallest absolute Gasteiger partial charge is 0.322 e. The minimum Gasteiger partial charge on any atom is -0.445 e. The van der Waals surface area contributed by atoms with E-state index in [-0.39, 0.29) is 12.1 Å². The lowest BCUT2D eigenvalue weighted by molar-refractivity contribution is 0.142. The Morgan fingerprint density at radius 2 is 2.26 bits per heavy atom. The highest BCUT2D eigenvalue weighted by atomic mass is 16.3. The summed E-state index contributed by atoms with van der Waals surface area (Å²) in [5.74, 6) is 0.555. The van der Waals surface area contributed by atoms with E-state index in [2.05, 4.69) is 10.3 Å². The van der Waals surface area contributed by atoms with Crippen LogP contribution in [0.2, 0.25) is 0 Å². The number of aromatic nitrogens is 1. The average molecular weight is 315 g/mol. The molecule has 6 nitrogen and oxygen atoms in total. The molecule has 1 saturated heterocycles. The number of carbonyl (C=O) groups excluding carboxylic acids is 1. The van der Waals surface area contributed by atoms with Gasteiger partial charge in [0, 0.05) is 23.8 Å². The topological polar surface area (TPSA) is 78.6 Å². The Kier molecular flexibility index (Phi) is 4.62.